The summed E-state index contributed by atoms with van der Waals surface area (Å²) in [6, 6.07) is 8.03. The van der Waals surface area contributed by atoms with E-state index in [1.807, 2.05) is 31.2 Å². The number of ether oxygens (including phenoxy) is 1. The van der Waals surface area contributed by atoms with Crippen molar-refractivity contribution in [1.29, 1.82) is 0 Å². The van der Waals surface area contributed by atoms with E-state index in [1.165, 1.54) is 12.8 Å². The highest BCUT2D eigenvalue weighted by molar-refractivity contribution is 5.90. The van der Waals surface area contributed by atoms with Gasteiger partial charge in [0.2, 0.25) is 5.91 Å². The molecule has 0 bridgehead atoms. The summed E-state index contributed by atoms with van der Waals surface area (Å²) in [6.45, 7) is 3.66. The van der Waals surface area contributed by atoms with Crippen molar-refractivity contribution < 1.29 is 9.53 Å². The van der Waals surface area contributed by atoms with Crippen molar-refractivity contribution in [3.8, 4) is 5.75 Å². The molecule has 2 N–H and O–H groups in total. The smallest absolute Gasteiger partial charge is 0.224 e. The Kier molecular flexibility index (Phi) is 5.21. The van der Waals surface area contributed by atoms with E-state index in [4.69, 9.17) is 4.74 Å². The summed E-state index contributed by atoms with van der Waals surface area (Å²) in [5, 5.41) is 6.32. The SMILES string of the molecule is CCOc1cccc(NC(=O)CCC2CCCN2)c1. The second kappa shape index (κ2) is 7.14. The number of carbonyl (C=O) groups excluding carboxylic acids is 1. The third-order valence-corrected chi connectivity index (χ3v) is 3.31. The fourth-order valence-electron chi connectivity index (χ4n) is 2.36. The molecule has 1 saturated heterocycles. The van der Waals surface area contributed by atoms with Gasteiger partial charge in [0.15, 0.2) is 0 Å². The lowest BCUT2D eigenvalue weighted by Crippen LogP contribution is -2.23. The standard InChI is InChI=1S/C15H22N2O2/c1-2-19-14-7-3-5-13(11-14)17-15(18)9-8-12-6-4-10-16-12/h3,5,7,11-12,16H,2,4,6,8-10H2,1H3,(H,17,18). The lowest BCUT2D eigenvalue weighted by atomic mass is 10.1. The van der Waals surface area contributed by atoms with Crippen LogP contribution in [0.3, 0.4) is 0 Å². The van der Waals surface area contributed by atoms with Crippen molar-refractivity contribution in [3.63, 3.8) is 0 Å². The van der Waals surface area contributed by atoms with Crippen LogP contribution in [0.4, 0.5) is 5.69 Å². The topological polar surface area (TPSA) is 50.4 Å². The molecule has 1 atom stereocenters. The van der Waals surface area contributed by atoms with E-state index in [2.05, 4.69) is 10.6 Å². The molecule has 1 unspecified atom stereocenters. The maximum Gasteiger partial charge on any atom is 0.224 e. The average Bonchev–Trinajstić information content (AvgIpc) is 2.90. The van der Waals surface area contributed by atoms with Crippen LogP contribution < -0.4 is 15.4 Å². The third kappa shape index (κ3) is 4.56. The molecular weight excluding hydrogens is 240 g/mol. The van der Waals surface area contributed by atoms with Crippen LogP contribution in [0.2, 0.25) is 0 Å². The van der Waals surface area contributed by atoms with Crippen LogP contribution in [0.15, 0.2) is 24.3 Å². The number of hydrogen-bond donors (Lipinski definition) is 2. The minimum Gasteiger partial charge on any atom is -0.494 e. The van der Waals surface area contributed by atoms with Crippen LogP contribution in [0.1, 0.15) is 32.6 Å². The Labute approximate surface area is 114 Å². The van der Waals surface area contributed by atoms with Gasteiger partial charge in [0, 0.05) is 24.2 Å². The summed E-state index contributed by atoms with van der Waals surface area (Å²) in [5.41, 5.74) is 0.801. The maximum absolute atomic E-state index is 11.9. The first-order chi connectivity index (χ1) is 9.28. The Morgan fingerprint density at radius 3 is 3.16 bits per heavy atom. The number of carbonyl (C=O) groups is 1. The minimum absolute atomic E-state index is 0.0716. The molecule has 0 aromatic heterocycles. The van der Waals surface area contributed by atoms with Crippen LogP contribution in [0, 0.1) is 0 Å². The van der Waals surface area contributed by atoms with Gasteiger partial charge in [0.1, 0.15) is 5.75 Å². The normalized spacial score (nSPS) is 18.3. The van der Waals surface area contributed by atoms with E-state index in [9.17, 15) is 4.79 Å². The molecule has 19 heavy (non-hydrogen) atoms. The predicted octanol–water partition coefficient (Wildman–Crippen LogP) is 2.56. The van der Waals surface area contributed by atoms with Gasteiger partial charge in [-0.05, 0) is 44.9 Å². The first kappa shape index (κ1) is 13.9. The molecule has 2 rings (SSSR count). The molecule has 1 aromatic carbocycles. The van der Waals surface area contributed by atoms with Crippen molar-refractivity contribution in [3.05, 3.63) is 24.3 Å². The molecule has 104 valence electrons. The molecule has 4 nitrogen and oxygen atoms in total. The molecule has 1 aromatic rings. The molecule has 1 heterocycles. The van der Waals surface area contributed by atoms with E-state index < -0.39 is 0 Å². The van der Waals surface area contributed by atoms with E-state index in [0.717, 1.165) is 24.4 Å². The second-order valence-electron chi connectivity index (χ2n) is 4.84. The highest BCUT2D eigenvalue weighted by atomic mass is 16.5. The maximum atomic E-state index is 11.9. The van der Waals surface area contributed by atoms with Crippen molar-refractivity contribution >= 4 is 11.6 Å². The molecule has 0 aliphatic carbocycles. The van der Waals surface area contributed by atoms with Crippen molar-refractivity contribution in [2.75, 3.05) is 18.5 Å². The van der Waals surface area contributed by atoms with Gasteiger partial charge in [-0.3, -0.25) is 4.79 Å². The molecule has 1 aliphatic heterocycles. The van der Waals surface area contributed by atoms with Gasteiger partial charge >= 0.3 is 0 Å². The number of hydrogen-bond acceptors (Lipinski definition) is 3. The van der Waals surface area contributed by atoms with Crippen LogP contribution in [-0.2, 0) is 4.79 Å². The highest BCUT2D eigenvalue weighted by Crippen LogP contribution is 2.18. The van der Waals surface area contributed by atoms with Gasteiger partial charge in [-0.25, -0.2) is 0 Å². The summed E-state index contributed by atoms with van der Waals surface area (Å²) in [6.07, 6.45) is 3.89. The van der Waals surface area contributed by atoms with Gasteiger partial charge in [-0.1, -0.05) is 6.07 Å². The fourth-order valence-corrected chi connectivity index (χ4v) is 2.36. The van der Waals surface area contributed by atoms with Gasteiger partial charge in [-0.2, -0.15) is 0 Å². The van der Waals surface area contributed by atoms with Gasteiger partial charge < -0.3 is 15.4 Å². The Morgan fingerprint density at radius 2 is 2.42 bits per heavy atom. The number of nitrogens with one attached hydrogen (secondary N) is 2. The fraction of sp³-hybridized carbons (Fsp3) is 0.533. The third-order valence-electron chi connectivity index (χ3n) is 3.31. The highest BCUT2D eigenvalue weighted by Gasteiger charge is 2.15. The minimum atomic E-state index is 0.0716. The number of amides is 1. The van der Waals surface area contributed by atoms with Gasteiger partial charge in [0.05, 0.1) is 6.61 Å². The molecule has 1 amide bonds. The summed E-state index contributed by atoms with van der Waals surface area (Å²) in [4.78, 5) is 11.9. The van der Waals surface area contributed by atoms with Crippen molar-refractivity contribution in [2.45, 2.75) is 38.6 Å². The summed E-state index contributed by atoms with van der Waals surface area (Å²) in [7, 11) is 0. The lowest BCUT2D eigenvalue weighted by molar-refractivity contribution is -0.116. The van der Waals surface area contributed by atoms with Crippen LogP contribution >= 0.6 is 0 Å². The zero-order valence-corrected chi connectivity index (χ0v) is 11.4. The Morgan fingerprint density at radius 1 is 1.53 bits per heavy atom. The first-order valence-corrected chi connectivity index (χ1v) is 7.04. The average molecular weight is 262 g/mol. The van der Waals surface area contributed by atoms with Crippen LogP contribution in [-0.4, -0.2) is 25.1 Å². The quantitative estimate of drug-likeness (QED) is 0.828. The molecule has 4 heteroatoms. The van der Waals surface area contributed by atoms with Gasteiger partial charge in [-0.15, -0.1) is 0 Å². The number of rotatable bonds is 6. The molecule has 1 fully saturated rings. The molecule has 0 saturated carbocycles. The largest absolute Gasteiger partial charge is 0.494 e. The summed E-state index contributed by atoms with van der Waals surface area (Å²) >= 11 is 0. The summed E-state index contributed by atoms with van der Waals surface area (Å²) < 4.78 is 5.41. The molecular formula is C15H22N2O2. The monoisotopic (exact) mass is 262 g/mol. The molecule has 0 spiro atoms. The number of benzene rings is 1. The van der Waals surface area contributed by atoms with Crippen molar-refractivity contribution in [2.24, 2.45) is 0 Å². The molecule has 1 aliphatic rings. The van der Waals surface area contributed by atoms with E-state index in [-0.39, 0.29) is 5.91 Å². The zero-order chi connectivity index (χ0) is 13.5. The van der Waals surface area contributed by atoms with Crippen LogP contribution in [0.25, 0.3) is 0 Å². The lowest BCUT2D eigenvalue weighted by Gasteiger charge is -2.10. The zero-order valence-electron chi connectivity index (χ0n) is 11.4. The van der Waals surface area contributed by atoms with Crippen LogP contribution in [0.5, 0.6) is 5.75 Å². The van der Waals surface area contributed by atoms with E-state index in [1.54, 1.807) is 0 Å². The Balaban J connectivity index is 1.79. The van der Waals surface area contributed by atoms with Crippen molar-refractivity contribution in [1.82, 2.24) is 5.32 Å². The predicted molar refractivity (Wildman–Crippen MR) is 76.5 cm³/mol. The molecule has 0 radical (unpaired) electrons. The Bertz CT molecular complexity index is 414. The van der Waals surface area contributed by atoms with E-state index >= 15 is 0 Å². The number of anilines is 1. The second-order valence-corrected chi connectivity index (χ2v) is 4.84. The van der Waals surface area contributed by atoms with E-state index in [0.29, 0.717) is 19.1 Å². The van der Waals surface area contributed by atoms with Gasteiger partial charge in [0.25, 0.3) is 0 Å². The Hall–Kier alpha value is -1.55. The summed E-state index contributed by atoms with van der Waals surface area (Å²) in [5.74, 6) is 0.861. The first-order valence-electron chi connectivity index (χ1n) is 7.04.